The van der Waals surface area contributed by atoms with Gasteiger partial charge in [-0.05, 0) is 30.7 Å². The molecule has 2 aromatic carbocycles. The van der Waals surface area contributed by atoms with Gasteiger partial charge in [-0.25, -0.2) is 4.98 Å². The van der Waals surface area contributed by atoms with Crippen LogP contribution in [-0.4, -0.2) is 52.5 Å². The topological polar surface area (TPSA) is 52.2 Å². The smallest absolute Gasteiger partial charge is 0.258 e. The monoisotopic (exact) mass is 396 g/mol. The molecule has 0 radical (unpaired) electrons. The van der Waals surface area contributed by atoms with Crippen molar-refractivity contribution >= 4 is 22.5 Å². The molecule has 1 fully saturated rings. The minimum Gasteiger partial charge on any atom is -0.310 e. The molecule has 0 spiro atoms. The Bertz CT molecular complexity index is 1010. The predicted octanol–water partition coefficient (Wildman–Crippen LogP) is 3.50. The number of hydrogen-bond acceptors (Lipinski definition) is 4. The molecule has 4 rings (SSSR count). The lowest BCUT2D eigenvalue weighted by Crippen LogP contribution is -2.47. The first-order valence-corrected chi connectivity index (χ1v) is 10.2. The second kappa shape index (κ2) is 8.43. The average Bonchev–Trinajstić information content (AvgIpc) is 2.73. The Kier molecular flexibility index (Phi) is 5.76. The van der Waals surface area contributed by atoms with E-state index >= 15 is 0 Å². The van der Waals surface area contributed by atoms with Crippen LogP contribution in [0.25, 0.3) is 10.9 Å². The normalized spacial score (nSPS) is 17.1. The van der Waals surface area contributed by atoms with E-state index in [9.17, 15) is 4.79 Å². The van der Waals surface area contributed by atoms with Crippen LogP contribution < -0.4 is 5.56 Å². The summed E-state index contributed by atoms with van der Waals surface area (Å²) in [4.78, 5) is 24.7. The molecule has 1 aliphatic heterocycles. The fraction of sp³-hybridized carbons (Fsp3) is 0.364. The first-order valence-electron chi connectivity index (χ1n) is 9.80. The Morgan fingerprint density at radius 1 is 1.07 bits per heavy atom. The standard InChI is InChI=1S/C22H25ClN4O/c1-16(17-6-2-4-8-19(17)23)27-14-12-26(13-15-27)11-10-21-24-20-9-5-3-7-18(20)22(28)25-21/h2-9,16H,10-15H2,1H3,(H,24,25,28). The van der Waals surface area contributed by atoms with Crippen molar-refractivity contribution in [3.63, 3.8) is 0 Å². The maximum atomic E-state index is 12.2. The lowest BCUT2D eigenvalue weighted by molar-refractivity contribution is 0.103. The van der Waals surface area contributed by atoms with Gasteiger partial charge in [0.25, 0.3) is 5.56 Å². The van der Waals surface area contributed by atoms with Crippen molar-refractivity contribution < 1.29 is 0 Å². The molecule has 28 heavy (non-hydrogen) atoms. The molecule has 0 saturated carbocycles. The third kappa shape index (κ3) is 4.12. The van der Waals surface area contributed by atoms with Gasteiger partial charge in [0.2, 0.25) is 0 Å². The van der Waals surface area contributed by atoms with E-state index in [1.807, 2.05) is 42.5 Å². The van der Waals surface area contributed by atoms with Crippen molar-refractivity contribution in [3.05, 3.63) is 75.3 Å². The number of para-hydroxylation sites is 1. The van der Waals surface area contributed by atoms with E-state index in [1.54, 1.807) is 0 Å². The summed E-state index contributed by atoms with van der Waals surface area (Å²) in [6, 6.07) is 15.9. The number of aromatic nitrogens is 2. The highest BCUT2D eigenvalue weighted by Gasteiger charge is 2.23. The van der Waals surface area contributed by atoms with E-state index in [2.05, 4.69) is 32.8 Å². The molecular weight excluding hydrogens is 372 g/mol. The fourth-order valence-corrected chi connectivity index (χ4v) is 4.20. The number of nitrogens with one attached hydrogen (secondary N) is 1. The van der Waals surface area contributed by atoms with Crippen molar-refractivity contribution in [2.45, 2.75) is 19.4 Å². The number of rotatable bonds is 5. The maximum absolute atomic E-state index is 12.2. The molecule has 2 heterocycles. The molecule has 1 atom stereocenters. The number of benzene rings is 2. The number of H-pyrrole nitrogens is 1. The number of halogens is 1. The molecule has 6 heteroatoms. The van der Waals surface area contributed by atoms with Crippen LogP contribution in [0.1, 0.15) is 24.4 Å². The molecule has 0 amide bonds. The molecule has 146 valence electrons. The van der Waals surface area contributed by atoms with Crippen LogP contribution in [0.2, 0.25) is 5.02 Å². The second-order valence-electron chi connectivity index (χ2n) is 7.35. The Labute approximate surface area is 170 Å². The Balaban J connectivity index is 1.34. The summed E-state index contributed by atoms with van der Waals surface area (Å²) in [5, 5.41) is 1.48. The van der Waals surface area contributed by atoms with E-state index in [1.165, 1.54) is 5.56 Å². The van der Waals surface area contributed by atoms with Crippen LogP contribution in [0.5, 0.6) is 0 Å². The van der Waals surface area contributed by atoms with Crippen LogP contribution in [0.3, 0.4) is 0 Å². The van der Waals surface area contributed by atoms with Crippen LogP contribution >= 0.6 is 11.6 Å². The van der Waals surface area contributed by atoms with Gasteiger partial charge >= 0.3 is 0 Å². The van der Waals surface area contributed by atoms with Crippen molar-refractivity contribution in [2.75, 3.05) is 32.7 Å². The van der Waals surface area contributed by atoms with Crippen molar-refractivity contribution in [2.24, 2.45) is 0 Å². The number of aromatic amines is 1. The average molecular weight is 397 g/mol. The quantitative estimate of drug-likeness (QED) is 0.717. The van der Waals surface area contributed by atoms with Gasteiger partial charge in [-0.2, -0.15) is 0 Å². The van der Waals surface area contributed by atoms with Crippen molar-refractivity contribution in [3.8, 4) is 0 Å². The van der Waals surface area contributed by atoms with E-state index in [0.29, 0.717) is 11.4 Å². The zero-order valence-corrected chi connectivity index (χ0v) is 16.8. The van der Waals surface area contributed by atoms with Crippen molar-refractivity contribution in [1.29, 1.82) is 0 Å². The molecule has 1 saturated heterocycles. The highest BCUT2D eigenvalue weighted by molar-refractivity contribution is 6.31. The van der Waals surface area contributed by atoms with Gasteiger partial charge < -0.3 is 9.88 Å². The van der Waals surface area contributed by atoms with E-state index < -0.39 is 0 Å². The summed E-state index contributed by atoms with van der Waals surface area (Å²) >= 11 is 6.37. The largest absolute Gasteiger partial charge is 0.310 e. The van der Waals surface area contributed by atoms with E-state index in [0.717, 1.165) is 55.5 Å². The van der Waals surface area contributed by atoms with Gasteiger partial charge in [0.15, 0.2) is 0 Å². The van der Waals surface area contributed by atoms with Gasteiger partial charge in [-0.3, -0.25) is 9.69 Å². The zero-order chi connectivity index (χ0) is 19.5. The Morgan fingerprint density at radius 2 is 1.79 bits per heavy atom. The molecule has 1 aromatic heterocycles. The van der Waals surface area contributed by atoms with Crippen LogP contribution in [0, 0.1) is 0 Å². The first-order chi connectivity index (χ1) is 13.6. The summed E-state index contributed by atoms with van der Waals surface area (Å²) in [6.07, 6.45) is 0.750. The Hall–Kier alpha value is -2.21. The lowest BCUT2D eigenvalue weighted by Gasteiger charge is -2.38. The molecule has 1 N–H and O–H groups in total. The van der Waals surface area contributed by atoms with Gasteiger partial charge in [0, 0.05) is 50.2 Å². The SMILES string of the molecule is CC(c1ccccc1Cl)N1CCN(CCc2nc3ccccc3c(=O)[nH]2)CC1. The van der Waals surface area contributed by atoms with E-state index in [4.69, 9.17) is 11.6 Å². The summed E-state index contributed by atoms with van der Waals surface area (Å²) in [5.74, 6) is 0.760. The molecular formula is C22H25ClN4O. The predicted molar refractivity (Wildman–Crippen MR) is 114 cm³/mol. The fourth-order valence-electron chi connectivity index (χ4n) is 3.90. The molecule has 0 aliphatic carbocycles. The number of hydrogen-bond donors (Lipinski definition) is 1. The highest BCUT2D eigenvalue weighted by Crippen LogP contribution is 2.27. The highest BCUT2D eigenvalue weighted by atomic mass is 35.5. The minimum absolute atomic E-state index is 0.0565. The number of nitrogens with zero attached hydrogens (tertiary/aromatic N) is 3. The Morgan fingerprint density at radius 3 is 2.57 bits per heavy atom. The maximum Gasteiger partial charge on any atom is 0.258 e. The molecule has 5 nitrogen and oxygen atoms in total. The summed E-state index contributed by atoms with van der Waals surface area (Å²) in [7, 11) is 0. The summed E-state index contributed by atoms with van der Waals surface area (Å²) < 4.78 is 0. The van der Waals surface area contributed by atoms with Gasteiger partial charge in [-0.15, -0.1) is 0 Å². The summed E-state index contributed by atoms with van der Waals surface area (Å²) in [6.45, 7) is 7.15. The van der Waals surface area contributed by atoms with Gasteiger partial charge in [-0.1, -0.05) is 41.9 Å². The van der Waals surface area contributed by atoms with Crippen LogP contribution in [0.4, 0.5) is 0 Å². The molecule has 3 aromatic rings. The van der Waals surface area contributed by atoms with Crippen LogP contribution in [-0.2, 0) is 6.42 Å². The number of piperazine rings is 1. The lowest BCUT2D eigenvalue weighted by atomic mass is 10.1. The third-order valence-electron chi connectivity index (χ3n) is 5.64. The van der Waals surface area contributed by atoms with Gasteiger partial charge in [0.05, 0.1) is 10.9 Å². The zero-order valence-electron chi connectivity index (χ0n) is 16.1. The molecule has 1 aliphatic rings. The number of fused-ring (bicyclic) bond motifs is 1. The molecule has 1 unspecified atom stereocenters. The van der Waals surface area contributed by atoms with Crippen molar-refractivity contribution in [1.82, 2.24) is 19.8 Å². The summed E-state index contributed by atoms with van der Waals surface area (Å²) in [5.41, 5.74) is 1.90. The second-order valence-corrected chi connectivity index (χ2v) is 7.76. The van der Waals surface area contributed by atoms with E-state index in [-0.39, 0.29) is 5.56 Å². The minimum atomic E-state index is -0.0565. The molecule has 0 bridgehead atoms. The van der Waals surface area contributed by atoms with Gasteiger partial charge in [0.1, 0.15) is 5.82 Å². The first kappa shape index (κ1) is 19.1. The third-order valence-corrected chi connectivity index (χ3v) is 5.98. The van der Waals surface area contributed by atoms with Crippen LogP contribution in [0.15, 0.2) is 53.3 Å².